The number of aromatic nitrogens is 3. The third-order valence-corrected chi connectivity index (χ3v) is 7.37. The van der Waals surface area contributed by atoms with Crippen LogP contribution >= 0.6 is 11.3 Å². The first-order valence-electron chi connectivity index (χ1n) is 12.8. The molecular weight excluding hydrogens is 536 g/mol. The number of nitrogens with zero attached hydrogens (tertiary/aromatic N) is 3. The van der Waals surface area contributed by atoms with E-state index in [9.17, 15) is 18.7 Å². The van der Waals surface area contributed by atoms with Gasteiger partial charge in [-0.3, -0.25) is 4.79 Å². The van der Waals surface area contributed by atoms with Crippen LogP contribution in [0.4, 0.5) is 8.78 Å². The summed E-state index contributed by atoms with van der Waals surface area (Å²) in [7, 11) is 0. The molecular formula is C29H27F2N5O3S. The standard InChI is InChI=1S/C29H27F2N5O3S/c1-2-17-4-3-5-18(8-17)14-32-15-27(37)25(11-19-9-21(30)13-22(31)10-19)33-28(38)26-16-40-29(34-26)20-6-7-23-24(12-20)36-39-35-23/h3-10,12-13,16,25,27,32,37H,2,11,14-15H2,1H3,(H,33,38). The number of aliphatic hydroxyl groups is 1. The van der Waals surface area contributed by atoms with Crippen LogP contribution in [0.5, 0.6) is 0 Å². The summed E-state index contributed by atoms with van der Waals surface area (Å²) in [6.07, 6.45) is -0.120. The van der Waals surface area contributed by atoms with E-state index >= 15 is 0 Å². The number of nitrogens with one attached hydrogen (secondary N) is 2. The molecule has 2 unspecified atom stereocenters. The van der Waals surface area contributed by atoms with E-state index in [2.05, 4.69) is 45.0 Å². The second-order valence-electron chi connectivity index (χ2n) is 9.44. The first-order chi connectivity index (χ1) is 19.4. The molecule has 5 rings (SSSR count). The fourth-order valence-electron chi connectivity index (χ4n) is 4.40. The van der Waals surface area contributed by atoms with Crippen molar-refractivity contribution in [3.05, 3.63) is 100 Å². The Labute approximate surface area is 233 Å². The lowest BCUT2D eigenvalue weighted by atomic mass is 10.00. The van der Waals surface area contributed by atoms with E-state index in [1.165, 1.54) is 29.0 Å². The number of hydrogen-bond acceptors (Lipinski definition) is 8. The van der Waals surface area contributed by atoms with E-state index in [0.717, 1.165) is 23.6 Å². The molecule has 0 saturated carbocycles. The van der Waals surface area contributed by atoms with E-state index in [1.54, 1.807) is 23.6 Å². The molecule has 8 nitrogen and oxygen atoms in total. The molecule has 3 aromatic carbocycles. The highest BCUT2D eigenvalue weighted by atomic mass is 32.1. The van der Waals surface area contributed by atoms with Crippen molar-refractivity contribution in [2.45, 2.75) is 38.5 Å². The predicted molar refractivity (Wildman–Crippen MR) is 148 cm³/mol. The zero-order valence-electron chi connectivity index (χ0n) is 21.6. The van der Waals surface area contributed by atoms with Crippen LogP contribution in [-0.4, -0.2) is 45.0 Å². The minimum atomic E-state index is -1.05. The fraction of sp³-hybridized carbons (Fsp3) is 0.241. The van der Waals surface area contributed by atoms with Crippen molar-refractivity contribution in [2.24, 2.45) is 0 Å². The average molecular weight is 564 g/mol. The van der Waals surface area contributed by atoms with Gasteiger partial charge in [0.1, 0.15) is 33.4 Å². The Morgan fingerprint density at radius 2 is 1.77 bits per heavy atom. The highest BCUT2D eigenvalue weighted by Crippen LogP contribution is 2.26. The largest absolute Gasteiger partial charge is 0.390 e. The van der Waals surface area contributed by atoms with Crippen LogP contribution in [0, 0.1) is 11.6 Å². The van der Waals surface area contributed by atoms with Gasteiger partial charge in [-0.2, -0.15) is 0 Å². The van der Waals surface area contributed by atoms with Crippen molar-refractivity contribution in [1.82, 2.24) is 25.9 Å². The van der Waals surface area contributed by atoms with Gasteiger partial charge < -0.3 is 15.7 Å². The molecule has 0 saturated heterocycles. The van der Waals surface area contributed by atoms with Gasteiger partial charge in [0.15, 0.2) is 0 Å². The Morgan fingerprint density at radius 3 is 2.58 bits per heavy atom. The normalized spacial score (nSPS) is 12.9. The molecule has 40 heavy (non-hydrogen) atoms. The van der Waals surface area contributed by atoms with Gasteiger partial charge in [0.05, 0.1) is 12.1 Å². The summed E-state index contributed by atoms with van der Waals surface area (Å²) in [6.45, 7) is 2.74. The van der Waals surface area contributed by atoms with Crippen molar-refractivity contribution < 1.29 is 23.3 Å². The Balaban J connectivity index is 1.29. The summed E-state index contributed by atoms with van der Waals surface area (Å²) < 4.78 is 32.5. The number of benzene rings is 3. The van der Waals surface area contributed by atoms with Crippen molar-refractivity contribution in [1.29, 1.82) is 0 Å². The van der Waals surface area contributed by atoms with Gasteiger partial charge in [0, 0.05) is 30.1 Å². The molecule has 2 aromatic heterocycles. The molecule has 0 aliphatic carbocycles. The van der Waals surface area contributed by atoms with Gasteiger partial charge in [-0.05, 0) is 70.2 Å². The zero-order chi connectivity index (χ0) is 28.1. The van der Waals surface area contributed by atoms with Crippen LogP contribution in [0.15, 0.2) is 70.7 Å². The molecule has 0 aliphatic heterocycles. The van der Waals surface area contributed by atoms with Crippen molar-refractivity contribution in [3.63, 3.8) is 0 Å². The predicted octanol–water partition coefficient (Wildman–Crippen LogP) is 4.68. The molecule has 0 spiro atoms. The van der Waals surface area contributed by atoms with Crippen molar-refractivity contribution in [3.8, 4) is 10.6 Å². The maximum absolute atomic E-state index is 13.9. The minimum Gasteiger partial charge on any atom is -0.390 e. The molecule has 11 heteroatoms. The molecule has 5 aromatic rings. The second kappa shape index (κ2) is 12.4. The van der Waals surface area contributed by atoms with Gasteiger partial charge in [-0.25, -0.2) is 18.4 Å². The van der Waals surface area contributed by atoms with Gasteiger partial charge in [0.2, 0.25) is 0 Å². The molecule has 0 aliphatic rings. The van der Waals surface area contributed by atoms with Crippen LogP contribution in [-0.2, 0) is 19.4 Å². The topological polar surface area (TPSA) is 113 Å². The highest BCUT2D eigenvalue weighted by molar-refractivity contribution is 7.13. The number of hydrogen-bond donors (Lipinski definition) is 3. The molecule has 0 radical (unpaired) electrons. The maximum Gasteiger partial charge on any atom is 0.271 e. The summed E-state index contributed by atoms with van der Waals surface area (Å²) in [6, 6.07) is 15.7. The molecule has 2 heterocycles. The van der Waals surface area contributed by atoms with E-state index < -0.39 is 29.7 Å². The fourth-order valence-corrected chi connectivity index (χ4v) is 5.20. The van der Waals surface area contributed by atoms with Gasteiger partial charge in [-0.15, -0.1) is 11.3 Å². The SMILES string of the molecule is CCc1cccc(CNCC(O)C(Cc2cc(F)cc(F)c2)NC(=O)c2csc(-c3ccc4nonc4c3)n2)c1. The number of fused-ring (bicyclic) bond motifs is 1. The van der Waals surface area contributed by atoms with Crippen molar-refractivity contribution in [2.75, 3.05) is 6.54 Å². The summed E-state index contributed by atoms with van der Waals surface area (Å²) >= 11 is 1.28. The molecule has 0 fully saturated rings. The molecule has 0 bridgehead atoms. The second-order valence-corrected chi connectivity index (χ2v) is 10.3. The monoisotopic (exact) mass is 563 g/mol. The Hall–Kier alpha value is -4.06. The first kappa shape index (κ1) is 27.5. The highest BCUT2D eigenvalue weighted by Gasteiger charge is 2.24. The van der Waals surface area contributed by atoms with Crippen LogP contribution in [0.2, 0.25) is 0 Å². The van der Waals surface area contributed by atoms with E-state index in [4.69, 9.17) is 4.63 Å². The van der Waals surface area contributed by atoms with Gasteiger partial charge in [-0.1, -0.05) is 31.2 Å². The number of halogens is 2. The number of carbonyl (C=O) groups is 1. The average Bonchev–Trinajstić information content (AvgIpc) is 3.62. The third kappa shape index (κ3) is 6.74. The number of aliphatic hydroxyl groups excluding tert-OH is 1. The number of rotatable bonds is 11. The third-order valence-electron chi connectivity index (χ3n) is 6.48. The number of aryl methyl sites for hydroxylation is 1. The first-order valence-corrected chi connectivity index (χ1v) is 13.7. The lowest BCUT2D eigenvalue weighted by molar-refractivity contribution is 0.0826. The quantitative estimate of drug-likeness (QED) is 0.214. The summed E-state index contributed by atoms with van der Waals surface area (Å²) in [4.78, 5) is 17.6. The maximum atomic E-state index is 13.9. The Bertz CT molecular complexity index is 1600. The number of carbonyl (C=O) groups excluding carboxylic acids is 1. The Kier molecular flexibility index (Phi) is 8.54. The van der Waals surface area contributed by atoms with Crippen LogP contribution in [0.25, 0.3) is 21.6 Å². The lowest BCUT2D eigenvalue weighted by Crippen LogP contribution is -2.48. The van der Waals surface area contributed by atoms with Gasteiger partial charge in [0.25, 0.3) is 5.91 Å². The molecule has 3 N–H and O–H groups in total. The molecule has 2 atom stereocenters. The van der Waals surface area contributed by atoms with Crippen LogP contribution in [0.1, 0.15) is 34.1 Å². The summed E-state index contributed by atoms with van der Waals surface area (Å²) in [5.74, 6) is -1.97. The van der Waals surface area contributed by atoms with E-state index in [0.29, 0.717) is 28.1 Å². The number of thiazole rings is 1. The lowest BCUT2D eigenvalue weighted by Gasteiger charge is -2.24. The minimum absolute atomic E-state index is 0.0153. The summed E-state index contributed by atoms with van der Waals surface area (Å²) in [5, 5.41) is 26.9. The van der Waals surface area contributed by atoms with Crippen LogP contribution in [0.3, 0.4) is 0 Å². The summed E-state index contributed by atoms with van der Waals surface area (Å²) in [5.41, 5.74) is 4.66. The smallest absolute Gasteiger partial charge is 0.271 e. The number of amides is 1. The Morgan fingerprint density at radius 1 is 1.00 bits per heavy atom. The van der Waals surface area contributed by atoms with Gasteiger partial charge >= 0.3 is 0 Å². The molecule has 1 amide bonds. The van der Waals surface area contributed by atoms with Crippen LogP contribution < -0.4 is 10.6 Å². The molecule has 206 valence electrons. The van der Waals surface area contributed by atoms with E-state index in [-0.39, 0.29) is 18.7 Å². The van der Waals surface area contributed by atoms with E-state index in [1.807, 2.05) is 12.1 Å². The van der Waals surface area contributed by atoms with Crippen molar-refractivity contribution >= 4 is 28.3 Å². The zero-order valence-corrected chi connectivity index (χ0v) is 22.4.